The van der Waals surface area contributed by atoms with E-state index in [9.17, 15) is 14.4 Å². The van der Waals surface area contributed by atoms with Crippen LogP contribution >= 0.6 is 0 Å². The van der Waals surface area contributed by atoms with Crippen LogP contribution in [-0.2, 0) is 16.1 Å². The molecule has 2 N–H and O–H groups in total. The predicted molar refractivity (Wildman–Crippen MR) is 86.0 cm³/mol. The van der Waals surface area contributed by atoms with E-state index >= 15 is 0 Å². The lowest BCUT2D eigenvalue weighted by atomic mass is 10.0. The summed E-state index contributed by atoms with van der Waals surface area (Å²) >= 11 is 0. The molecule has 0 fully saturated rings. The lowest BCUT2D eigenvalue weighted by Gasteiger charge is -2.26. The van der Waals surface area contributed by atoms with E-state index in [1.807, 2.05) is 24.1 Å². The molecule has 0 saturated carbocycles. The molecule has 0 aliphatic rings. The second-order valence-corrected chi connectivity index (χ2v) is 5.07. The average molecular weight is 305 g/mol. The van der Waals surface area contributed by atoms with Crippen LogP contribution in [0.2, 0.25) is 0 Å². The van der Waals surface area contributed by atoms with E-state index in [1.165, 1.54) is 0 Å². The second-order valence-electron chi connectivity index (χ2n) is 5.07. The number of aldehydes is 2. The van der Waals surface area contributed by atoms with Crippen LogP contribution in [0.25, 0.3) is 0 Å². The zero-order valence-corrected chi connectivity index (χ0v) is 13.3. The first kappa shape index (κ1) is 17.8. The Labute approximate surface area is 130 Å². The highest BCUT2D eigenvalue weighted by atomic mass is 16.2. The monoisotopic (exact) mass is 305 g/mol. The number of likely N-dealkylation sites (N-methyl/N-ethyl adjacent to an activating group) is 2. The summed E-state index contributed by atoms with van der Waals surface area (Å²) in [4.78, 5) is 35.6. The summed E-state index contributed by atoms with van der Waals surface area (Å²) in [6.45, 7) is 0.445. The van der Waals surface area contributed by atoms with Gasteiger partial charge in [0.05, 0.1) is 6.04 Å². The Morgan fingerprint density at radius 2 is 2.05 bits per heavy atom. The van der Waals surface area contributed by atoms with Gasteiger partial charge in [0.1, 0.15) is 12.6 Å². The van der Waals surface area contributed by atoms with Gasteiger partial charge in [-0.05, 0) is 37.2 Å². The van der Waals surface area contributed by atoms with Gasteiger partial charge in [0.2, 0.25) is 5.91 Å². The maximum atomic E-state index is 12.0. The van der Waals surface area contributed by atoms with E-state index in [0.29, 0.717) is 24.9 Å². The summed E-state index contributed by atoms with van der Waals surface area (Å²) < 4.78 is 0. The van der Waals surface area contributed by atoms with Crippen LogP contribution in [0.5, 0.6) is 0 Å². The topological polar surface area (TPSA) is 78.5 Å². The minimum Gasteiger partial charge on any atom is -0.388 e. The normalized spacial score (nSPS) is 11.8. The van der Waals surface area contributed by atoms with E-state index < -0.39 is 6.04 Å². The van der Waals surface area contributed by atoms with Crippen molar-refractivity contribution in [1.29, 1.82) is 0 Å². The molecule has 0 radical (unpaired) electrons. The molecule has 0 aromatic heterocycles. The number of carbonyl (C=O) groups is 3. The maximum Gasteiger partial charge on any atom is 0.237 e. The Hall–Kier alpha value is -2.21. The van der Waals surface area contributed by atoms with Crippen LogP contribution in [0.3, 0.4) is 0 Å². The number of nitrogens with zero attached hydrogens (tertiary/aromatic N) is 1. The van der Waals surface area contributed by atoms with E-state index in [2.05, 4.69) is 10.6 Å². The van der Waals surface area contributed by atoms with Gasteiger partial charge in [-0.25, -0.2) is 0 Å². The van der Waals surface area contributed by atoms with Crippen LogP contribution in [-0.4, -0.2) is 50.6 Å². The van der Waals surface area contributed by atoms with E-state index in [0.717, 1.165) is 23.8 Å². The molecule has 0 heterocycles. The average Bonchev–Trinajstić information content (AvgIpc) is 2.54. The number of anilines is 1. The van der Waals surface area contributed by atoms with Crippen molar-refractivity contribution in [2.75, 3.05) is 26.5 Å². The lowest BCUT2D eigenvalue weighted by Crippen LogP contribution is -2.43. The van der Waals surface area contributed by atoms with Crippen molar-refractivity contribution in [1.82, 2.24) is 10.2 Å². The minimum atomic E-state index is -0.409. The molecule has 1 aromatic carbocycles. The molecule has 0 spiro atoms. The summed E-state index contributed by atoms with van der Waals surface area (Å²) in [6.07, 6.45) is 2.38. The summed E-state index contributed by atoms with van der Waals surface area (Å²) in [5, 5.41) is 5.64. The molecule has 0 aliphatic carbocycles. The van der Waals surface area contributed by atoms with Crippen molar-refractivity contribution in [3.05, 3.63) is 29.3 Å². The molecule has 1 aromatic rings. The van der Waals surface area contributed by atoms with Crippen molar-refractivity contribution < 1.29 is 14.4 Å². The third-order valence-electron chi connectivity index (χ3n) is 3.62. The van der Waals surface area contributed by atoms with Gasteiger partial charge >= 0.3 is 0 Å². The molecule has 22 heavy (non-hydrogen) atoms. The number of benzene rings is 1. The molecule has 1 unspecified atom stereocenters. The fourth-order valence-corrected chi connectivity index (χ4v) is 2.34. The van der Waals surface area contributed by atoms with E-state index in [1.54, 1.807) is 20.2 Å². The zero-order chi connectivity index (χ0) is 16.5. The third-order valence-corrected chi connectivity index (χ3v) is 3.62. The molecule has 1 amide bonds. The SMILES string of the molecule is CNC(=O)C(CCC=O)N(C)Cc1cc(NC)ccc1C=O. The van der Waals surface area contributed by atoms with Gasteiger partial charge in [-0.1, -0.05) is 0 Å². The summed E-state index contributed by atoms with van der Waals surface area (Å²) in [5.41, 5.74) is 2.33. The smallest absolute Gasteiger partial charge is 0.237 e. The van der Waals surface area contributed by atoms with Crippen LogP contribution in [0.4, 0.5) is 5.69 Å². The third kappa shape index (κ3) is 4.66. The molecule has 1 atom stereocenters. The molecular formula is C16H23N3O3. The Kier molecular flexibility index (Phi) is 7.25. The van der Waals surface area contributed by atoms with Crippen molar-refractivity contribution in [3.63, 3.8) is 0 Å². The van der Waals surface area contributed by atoms with Gasteiger partial charge in [-0.3, -0.25) is 14.5 Å². The fourth-order valence-electron chi connectivity index (χ4n) is 2.34. The van der Waals surface area contributed by atoms with Crippen molar-refractivity contribution in [3.8, 4) is 0 Å². The van der Waals surface area contributed by atoms with Gasteiger partial charge < -0.3 is 15.4 Å². The van der Waals surface area contributed by atoms with E-state index in [-0.39, 0.29) is 5.91 Å². The standard InChI is InChI=1S/C16H23N3O3/c1-17-14-7-6-12(11-21)13(9-14)10-19(3)15(5-4-8-20)16(22)18-2/h6-9,11,15,17H,4-5,10H2,1-3H3,(H,18,22). The number of carbonyl (C=O) groups excluding carboxylic acids is 3. The molecular weight excluding hydrogens is 282 g/mol. The van der Waals surface area contributed by atoms with Crippen molar-refractivity contribution in [2.45, 2.75) is 25.4 Å². The Balaban J connectivity index is 2.96. The van der Waals surface area contributed by atoms with Crippen LogP contribution in [0.1, 0.15) is 28.8 Å². The number of hydrogen-bond donors (Lipinski definition) is 2. The van der Waals surface area contributed by atoms with Crippen LogP contribution < -0.4 is 10.6 Å². The molecule has 6 heteroatoms. The van der Waals surface area contributed by atoms with Gasteiger partial charge in [0.25, 0.3) is 0 Å². The first-order valence-electron chi connectivity index (χ1n) is 7.18. The van der Waals surface area contributed by atoms with Crippen molar-refractivity contribution >= 4 is 24.2 Å². The summed E-state index contributed by atoms with van der Waals surface area (Å²) in [7, 11) is 5.19. The van der Waals surface area contributed by atoms with Crippen LogP contribution in [0, 0.1) is 0 Å². The van der Waals surface area contributed by atoms with Gasteiger partial charge in [0, 0.05) is 38.3 Å². The molecule has 1 rings (SSSR count). The lowest BCUT2D eigenvalue weighted by molar-refractivity contribution is -0.126. The minimum absolute atomic E-state index is 0.137. The van der Waals surface area contributed by atoms with Crippen molar-refractivity contribution in [2.24, 2.45) is 0 Å². The van der Waals surface area contributed by atoms with Gasteiger partial charge in [-0.15, -0.1) is 0 Å². The number of hydrogen-bond acceptors (Lipinski definition) is 5. The molecule has 0 bridgehead atoms. The zero-order valence-electron chi connectivity index (χ0n) is 13.3. The number of nitrogens with one attached hydrogen (secondary N) is 2. The molecule has 0 saturated heterocycles. The van der Waals surface area contributed by atoms with Gasteiger partial charge in [-0.2, -0.15) is 0 Å². The maximum absolute atomic E-state index is 12.0. The first-order chi connectivity index (χ1) is 10.6. The predicted octanol–water partition coefficient (Wildman–Crippen LogP) is 1.07. The quantitative estimate of drug-likeness (QED) is 0.667. The highest BCUT2D eigenvalue weighted by Gasteiger charge is 2.22. The Morgan fingerprint density at radius 3 is 2.59 bits per heavy atom. The number of amides is 1. The number of rotatable bonds is 9. The Morgan fingerprint density at radius 1 is 1.32 bits per heavy atom. The van der Waals surface area contributed by atoms with E-state index in [4.69, 9.17) is 0 Å². The summed E-state index contributed by atoms with van der Waals surface area (Å²) in [6, 6.07) is 5.06. The molecule has 6 nitrogen and oxygen atoms in total. The highest BCUT2D eigenvalue weighted by Crippen LogP contribution is 2.18. The first-order valence-corrected chi connectivity index (χ1v) is 7.18. The largest absolute Gasteiger partial charge is 0.388 e. The van der Waals surface area contributed by atoms with Crippen LogP contribution in [0.15, 0.2) is 18.2 Å². The second kappa shape index (κ2) is 8.94. The fraction of sp³-hybridized carbons (Fsp3) is 0.438. The summed E-state index contributed by atoms with van der Waals surface area (Å²) in [5.74, 6) is -0.137. The van der Waals surface area contributed by atoms with Gasteiger partial charge in [0.15, 0.2) is 0 Å². The highest BCUT2D eigenvalue weighted by molar-refractivity contribution is 5.82. The molecule has 0 aliphatic heterocycles. The molecule has 120 valence electrons. The Bertz CT molecular complexity index is 531.